The van der Waals surface area contributed by atoms with Crippen molar-refractivity contribution >= 4 is 92.2 Å². The Bertz CT molecular complexity index is 6540. The van der Waals surface area contributed by atoms with Crippen LogP contribution in [0.5, 0.6) is 0 Å². The molecular formula is C137H167N9. The Labute approximate surface area is 878 Å². The van der Waals surface area contributed by atoms with Crippen molar-refractivity contribution in [3.63, 3.8) is 0 Å². The van der Waals surface area contributed by atoms with Crippen LogP contribution in [0.25, 0.3) is 74.1 Å². The van der Waals surface area contributed by atoms with Gasteiger partial charge in [0, 0.05) is 91.2 Å². The van der Waals surface area contributed by atoms with Gasteiger partial charge in [-0.1, -0.05) is 423 Å². The molecule has 9 heteroatoms. The van der Waals surface area contributed by atoms with Gasteiger partial charge < -0.3 is 4.98 Å². The van der Waals surface area contributed by atoms with Crippen LogP contribution in [0.4, 0.5) is 5.69 Å². The fourth-order valence-corrected chi connectivity index (χ4v) is 17.3. The van der Waals surface area contributed by atoms with E-state index in [2.05, 4.69) is 510 Å². The average molecular weight is 1940 g/mol. The summed E-state index contributed by atoms with van der Waals surface area (Å²) in [5, 5.41) is 3.65. The van der Waals surface area contributed by atoms with Crippen molar-refractivity contribution in [2.45, 2.75) is 333 Å². The quantitative estimate of drug-likeness (QED) is 0.162. The van der Waals surface area contributed by atoms with Gasteiger partial charge in [-0.3, -0.25) is 39.9 Å². The summed E-state index contributed by atoms with van der Waals surface area (Å²) in [6.07, 6.45) is 45.8. The summed E-state index contributed by atoms with van der Waals surface area (Å²) in [6.45, 7) is 74.4. The summed E-state index contributed by atoms with van der Waals surface area (Å²) >= 11 is 0. The van der Waals surface area contributed by atoms with E-state index in [1.807, 2.05) is 86.1 Å². The van der Waals surface area contributed by atoms with E-state index < -0.39 is 0 Å². The maximum Gasteiger partial charge on any atom is 0.0878 e. The summed E-state index contributed by atoms with van der Waals surface area (Å²) in [6, 6.07) is 74.0. The highest BCUT2D eigenvalue weighted by atomic mass is 14.8. The van der Waals surface area contributed by atoms with Gasteiger partial charge in [0.25, 0.3) is 0 Å². The molecule has 760 valence electrons. The first kappa shape index (κ1) is 112. The van der Waals surface area contributed by atoms with Crippen molar-refractivity contribution in [1.82, 2.24) is 34.9 Å². The number of hydrogen-bond donors (Lipinski definition) is 1. The molecule has 22 rings (SSSR count). The molecular weight excluding hydrogens is 1770 g/mol. The van der Waals surface area contributed by atoms with E-state index >= 15 is 0 Å². The minimum Gasteiger partial charge on any atom is -0.360 e. The van der Waals surface area contributed by atoms with Crippen LogP contribution < -0.4 is 0 Å². The normalized spacial score (nSPS) is 13.7. The van der Waals surface area contributed by atoms with Gasteiger partial charge in [-0.2, -0.15) is 0 Å². The minimum absolute atomic E-state index is 0.173. The number of para-hydroxylation sites is 1. The lowest BCUT2D eigenvalue weighted by atomic mass is 9.85. The summed E-state index contributed by atoms with van der Waals surface area (Å²) in [7, 11) is 0. The Morgan fingerprint density at radius 3 is 1.10 bits per heavy atom. The first-order valence-corrected chi connectivity index (χ1v) is 52.8. The van der Waals surface area contributed by atoms with E-state index in [0.29, 0.717) is 0 Å². The smallest absolute Gasteiger partial charge is 0.0878 e. The summed E-state index contributed by atoms with van der Waals surface area (Å²) < 4.78 is 0. The zero-order chi connectivity index (χ0) is 106. The first-order valence-electron chi connectivity index (χ1n) is 52.8. The molecule has 8 aromatic carbocycles. The van der Waals surface area contributed by atoms with Gasteiger partial charge in [-0.15, -0.1) is 0 Å². The second-order valence-electron chi connectivity index (χ2n) is 51.2. The van der Waals surface area contributed by atoms with Crippen molar-refractivity contribution in [3.05, 3.63) is 414 Å². The molecule has 7 aromatic heterocycles. The van der Waals surface area contributed by atoms with Gasteiger partial charge in [0.15, 0.2) is 0 Å². The van der Waals surface area contributed by atoms with Crippen molar-refractivity contribution < 1.29 is 0 Å². The molecule has 0 spiro atoms. The third-order valence-electron chi connectivity index (χ3n) is 27.6. The van der Waals surface area contributed by atoms with Crippen molar-refractivity contribution in [2.24, 2.45) is 9.98 Å². The number of nitrogens with zero attached hydrogens (tertiary/aromatic N) is 8. The molecule has 15 aromatic rings. The predicted octanol–water partition coefficient (Wildman–Crippen LogP) is 36.2. The molecule has 9 nitrogen and oxygen atoms in total. The third kappa shape index (κ3) is 31.5. The van der Waals surface area contributed by atoms with Gasteiger partial charge in [0.1, 0.15) is 0 Å². The molecule has 1 N–H and O–H groups in total. The van der Waals surface area contributed by atoms with E-state index in [4.69, 9.17) is 0 Å². The molecule has 0 unspecified atom stereocenters. The maximum atomic E-state index is 4.46. The number of pyridine rings is 6. The van der Waals surface area contributed by atoms with Crippen molar-refractivity contribution in [2.75, 3.05) is 0 Å². The SMILES string of the molecule is CC(C)(C)c1ccc2c(c1)C=CC2.CC(C)(C)c1ccc2c(c1)C=CC2.CC(C)(C)c1ccc2c(c1)CC=C2.CC(C)(C)c1ccc2c(c1)CN=C2.CC(C)(C)c1ccc2c(c1)N=CC2.CC(C)(C)c1ccc2cccnc2c1.CC(C)(C)c1ccc2ncccc2c1.CC(C)(C)c1cnc2c(c1)C=CC2.CC(C)(C)c1cnc2c(c1)C=CC2.CC(C)(C)c1cnc2cc[nH]c2c1.CC(C)(C)c1cnc2ccccc2c1. The van der Waals surface area contributed by atoms with Gasteiger partial charge in [0.05, 0.1) is 51.2 Å². The number of nitrogens with one attached hydrogen (secondary N) is 1. The summed E-state index contributed by atoms with van der Waals surface area (Å²) in [5.74, 6) is 0. The highest BCUT2D eigenvalue weighted by Gasteiger charge is 2.26. The Balaban J connectivity index is 0.000000143. The number of aromatic amines is 1. The standard InChI is InChI=1S/3C13H15N.3C13H16.4C12H15N.C11H14N2/c1-13(2,3)11-6-7-12-10(9-11)5-4-8-14-12;1-13(2,3)11-7-6-10-5-4-8-14-12(10)9-11;1-13(2,3)11-8-10-6-4-5-7-12(10)14-9-11;3*1-13(2,3)12-8-7-10-5-4-6-11(10)9-12;1-12(2,3)11-5-4-9-7-13-8-10(9)6-11;1-12(2,3)10-5-4-9-6-7-13-11(9)8-10;2*1-12(2,3)10-7-9-5-4-6-11(9)13-8-10;1-11(2,3)8-6-10-9(13-7-8)4-5-12-10/h3*4-9H,1-3H3;2*4,6-9H,5H2,1-3H3;4-5,7-9H,6H2,1-3H3;4-7H,8H2,1-3H3;3*4-5,7-8H,6H2,1-3H3;4-7,12H,1-3H3. The van der Waals surface area contributed by atoms with Crippen LogP contribution in [0.3, 0.4) is 0 Å². The van der Waals surface area contributed by atoms with Crippen LogP contribution in [0, 0.1) is 0 Å². The lowest BCUT2D eigenvalue weighted by molar-refractivity contribution is 0.586. The highest BCUT2D eigenvalue weighted by molar-refractivity contribution is 5.85. The zero-order valence-electron chi connectivity index (χ0n) is 94.6. The molecule has 0 bridgehead atoms. The lowest BCUT2D eigenvalue weighted by Crippen LogP contribution is -2.12. The zero-order valence-corrected chi connectivity index (χ0v) is 94.6. The van der Waals surface area contributed by atoms with Crippen molar-refractivity contribution in [1.29, 1.82) is 0 Å². The second-order valence-corrected chi connectivity index (χ2v) is 51.2. The highest BCUT2D eigenvalue weighted by Crippen LogP contribution is 2.38. The average Bonchev–Trinajstić information content (AvgIpc) is 1.79. The molecule has 2 aliphatic heterocycles. The first-order chi connectivity index (χ1) is 68.3. The molecule has 0 amide bonds. The Morgan fingerprint density at radius 1 is 0.226 bits per heavy atom. The number of allylic oxidation sites excluding steroid dienone is 5. The predicted molar refractivity (Wildman–Crippen MR) is 635 cm³/mol. The molecule has 7 aliphatic rings. The topological polar surface area (TPSA) is 118 Å². The Morgan fingerprint density at radius 2 is 0.582 bits per heavy atom. The fourth-order valence-electron chi connectivity index (χ4n) is 17.3. The van der Waals surface area contributed by atoms with Gasteiger partial charge >= 0.3 is 0 Å². The maximum absolute atomic E-state index is 4.46. The van der Waals surface area contributed by atoms with E-state index in [1.54, 1.807) is 0 Å². The molecule has 0 fully saturated rings. The number of hydrogen-bond acceptors (Lipinski definition) is 8. The molecule has 0 saturated carbocycles. The number of rotatable bonds is 0. The van der Waals surface area contributed by atoms with Gasteiger partial charge in [-0.05, 0) is 274 Å². The third-order valence-corrected chi connectivity index (χ3v) is 27.6. The van der Waals surface area contributed by atoms with Crippen LogP contribution in [-0.4, -0.2) is 47.3 Å². The van der Waals surface area contributed by atoms with Crippen LogP contribution in [0.1, 0.15) is 362 Å². The number of fused-ring (bicyclic) bond motifs is 11. The van der Waals surface area contributed by atoms with E-state index in [9.17, 15) is 0 Å². The van der Waals surface area contributed by atoms with E-state index in [0.717, 1.165) is 78.3 Å². The minimum atomic E-state index is 0.173. The molecule has 0 saturated heterocycles. The Hall–Kier alpha value is -13.0. The number of benzene rings is 8. The number of H-pyrrole nitrogens is 1. The van der Waals surface area contributed by atoms with Gasteiger partial charge in [0.2, 0.25) is 0 Å². The molecule has 5 aliphatic carbocycles. The van der Waals surface area contributed by atoms with Crippen LogP contribution in [-0.2, 0) is 105 Å². The molecule has 0 atom stereocenters. The molecule has 9 heterocycles. The van der Waals surface area contributed by atoms with E-state index in [-0.39, 0.29) is 59.6 Å². The van der Waals surface area contributed by atoms with E-state index in [1.165, 1.54) is 150 Å². The molecule has 146 heavy (non-hydrogen) atoms. The Kier molecular flexibility index (Phi) is 35.5. The van der Waals surface area contributed by atoms with Crippen LogP contribution >= 0.6 is 0 Å². The largest absolute Gasteiger partial charge is 0.360 e. The fraction of sp³-hybridized carbons (Fsp3) is 0.372. The van der Waals surface area contributed by atoms with Gasteiger partial charge in [-0.25, -0.2) is 0 Å². The van der Waals surface area contributed by atoms with Crippen LogP contribution in [0.2, 0.25) is 0 Å². The lowest BCUT2D eigenvalue weighted by Gasteiger charge is -2.19. The number of aromatic nitrogens is 7. The molecule has 0 radical (unpaired) electrons. The summed E-state index contributed by atoms with van der Waals surface area (Å²) in [5.41, 5.74) is 41.6. The monoisotopic (exact) mass is 1940 g/mol. The van der Waals surface area contributed by atoms with Crippen LogP contribution in [0.15, 0.2) is 290 Å². The second kappa shape index (κ2) is 46.4. The summed E-state index contributed by atoms with van der Waals surface area (Å²) in [4.78, 5) is 38.2. The van der Waals surface area contributed by atoms with Crippen molar-refractivity contribution in [3.8, 4) is 0 Å². The number of aliphatic imine (C=N–C) groups is 2.